The third-order valence-corrected chi connectivity index (χ3v) is 9.07. The largest absolute Gasteiger partial charge is 0.497 e. The molecule has 0 radical (unpaired) electrons. The van der Waals surface area contributed by atoms with E-state index in [2.05, 4.69) is 16.9 Å². The lowest BCUT2D eigenvalue weighted by atomic mass is 9.85. The van der Waals surface area contributed by atoms with Gasteiger partial charge in [-0.05, 0) is 58.1 Å². The number of carboxylic acid groups (broad SMARTS) is 1. The molecular formula is C32H37N3O7S. The number of pyridine rings is 1. The van der Waals surface area contributed by atoms with Gasteiger partial charge in [0.1, 0.15) is 29.1 Å². The molecule has 228 valence electrons. The molecule has 0 aliphatic heterocycles. The number of aliphatic carboxylic acids is 1. The number of benzene rings is 1. The summed E-state index contributed by atoms with van der Waals surface area (Å²) in [6.45, 7) is 9.80. The Kier molecular flexibility index (Phi) is 8.73. The highest BCUT2D eigenvalue weighted by Gasteiger charge is 2.61. The molecule has 10 nitrogen and oxygen atoms in total. The van der Waals surface area contributed by atoms with Crippen LogP contribution in [0.25, 0.3) is 22.3 Å². The van der Waals surface area contributed by atoms with Crippen LogP contribution in [0.4, 0.5) is 5.13 Å². The lowest BCUT2D eigenvalue weighted by molar-refractivity contribution is -0.152. The Bertz CT molecular complexity index is 1550. The van der Waals surface area contributed by atoms with Crippen LogP contribution in [0.2, 0.25) is 0 Å². The Labute approximate surface area is 254 Å². The summed E-state index contributed by atoms with van der Waals surface area (Å²) in [5.41, 5.74) is 0.961. The predicted molar refractivity (Wildman–Crippen MR) is 163 cm³/mol. The molecule has 5 atom stereocenters. The number of allylic oxidation sites excluding steroid dienone is 1. The minimum absolute atomic E-state index is 0.0671. The molecule has 0 saturated heterocycles. The molecule has 1 aromatic carbocycles. The number of hydrogen-bond acceptors (Lipinski definition) is 10. The van der Waals surface area contributed by atoms with Crippen LogP contribution >= 0.6 is 11.3 Å². The van der Waals surface area contributed by atoms with E-state index in [0.29, 0.717) is 34.8 Å². The van der Waals surface area contributed by atoms with Crippen LogP contribution in [-0.2, 0) is 19.1 Å². The number of carbonyl (C=O) groups excluding carboxylic acids is 2. The third-order valence-electron chi connectivity index (χ3n) is 8.29. The Balaban J connectivity index is 1.42. The van der Waals surface area contributed by atoms with Gasteiger partial charge >= 0.3 is 11.9 Å². The number of nitrogens with one attached hydrogen (secondary N) is 1. The minimum atomic E-state index is -1.05. The highest BCUT2D eigenvalue weighted by Crippen LogP contribution is 2.58. The standard InChI is InChI=1S/C32H37N3O7S/c1-6-18-14-32(18,30(39)41-7-2)15-27(36)22-10-20(11-23(22)29(37)38)42-28-13-25(26-16-43-31(35-26)33-17(3)4)34-24-12-19(40-5)8-9-21(24)28/h6,8-9,12-13,16-18,20,22-23H,1,7,10-11,14-15H2,2-5H3,(H,33,35)(H,37,38)/t18-,20-,22-,23-,32-/m1/s1. The molecular weight excluding hydrogens is 570 g/mol. The molecule has 2 fully saturated rings. The van der Waals surface area contributed by atoms with Gasteiger partial charge in [-0.15, -0.1) is 17.9 Å². The summed E-state index contributed by atoms with van der Waals surface area (Å²) in [5, 5.41) is 16.8. The highest BCUT2D eigenvalue weighted by molar-refractivity contribution is 7.14. The van der Waals surface area contributed by atoms with Gasteiger partial charge in [0.2, 0.25) is 0 Å². The van der Waals surface area contributed by atoms with Crippen LogP contribution in [0.5, 0.6) is 11.5 Å². The number of ketones is 1. The number of ether oxygens (including phenoxy) is 3. The van der Waals surface area contributed by atoms with E-state index in [4.69, 9.17) is 19.2 Å². The van der Waals surface area contributed by atoms with E-state index in [0.717, 1.165) is 10.5 Å². The maximum atomic E-state index is 13.6. The van der Waals surface area contributed by atoms with Gasteiger partial charge in [-0.2, -0.15) is 0 Å². The first-order valence-electron chi connectivity index (χ1n) is 14.5. The van der Waals surface area contributed by atoms with Gasteiger partial charge in [-0.25, -0.2) is 9.97 Å². The van der Waals surface area contributed by atoms with Crippen molar-refractivity contribution in [2.45, 2.75) is 58.6 Å². The molecule has 0 unspecified atom stereocenters. The zero-order chi connectivity index (χ0) is 30.9. The van der Waals surface area contributed by atoms with Gasteiger partial charge in [-0.3, -0.25) is 14.4 Å². The van der Waals surface area contributed by atoms with Crippen molar-refractivity contribution >= 4 is 45.1 Å². The molecule has 0 bridgehead atoms. The summed E-state index contributed by atoms with van der Waals surface area (Å²) in [7, 11) is 1.58. The summed E-state index contributed by atoms with van der Waals surface area (Å²) < 4.78 is 17.2. The van der Waals surface area contributed by atoms with E-state index in [1.807, 2.05) is 43.5 Å². The first-order valence-corrected chi connectivity index (χ1v) is 15.4. The molecule has 2 aliphatic rings. The van der Waals surface area contributed by atoms with Crippen molar-refractivity contribution in [1.29, 1.82) is 0 Å². The average molecular weight is 608 g/mol. The minimum Gasteiger partial charge on any atom is -0.497 e. The second-order valence-corrected chi connectivity index (χ2v) is 12.4. The smallest absolute Gasteiger partial charge is 0.313 e. The number of Topliss-reactive ketones (excluding diaryl/α,β-unsaturated/α-hetero) is 1. The third kappa shape index (κ3) is 6.22. The van der Waals surface area contributed by atoms with Crippen molar-refractivity contribution in [3.63, 3.8) is 0 Å². The number of esters is 1. The summed E-state index contributed by atoms with van der Waals surface area (Å²) in [6, 6.07) is 7.51. The zero-order valence-corrected chi connectivity index (χ0v) is 25.6. The fourth-order valence-corrected chi connectivity index (χ4v) is 6.85. The fraction of sp³-hybridized carbons (Fsp3) is 0.469. The van der Waals surface area contributed by atoms with E-state index in [1.165, 1.54) is 11.3 Å². The average Bonchev–Trinajstić information content (AvgIpc) is 3.26. The Morgan fingerprint density at radius 3 is 2.60 bits per heavy atom. The summed E-state index contributed by atoms with van der Waals surface area (Å²) in [5.74, 6) is -2.44. The molecule has 0 spiro atoms. The van der Waals surface area contributed by atoms with E-state index in [1.54, 1.807) is 20.1 Å². The number of thiazole rings is 1. The van der Waals surface area contributed by atoms with Gasteiger partial charge in [-0.1, -0.05) is 6.08 Å². The number of rotatable bonds is 13. The van der Waals surface area contributed by atoms with Crippen molar-refractivity contribution in [1.82, 2.24) is 9.97 Å². The Hall–Kier alpha value is -3.99. The van der Waals surface area contributed by atoms with Gasteiger partial charge < -0.3 is 24.6 Å². The number of anilines is 1. The van der Waals surface area contributed by atoms with Crippen molar-refractivity contribution in [2.75, 3.05) is 19.0 Å². The molecule has 2 aromatic heterocycles. The maximum absolute atomic E-state index is 13.6. The highest BCUT2D eigenvalue weighted by atomic mass is 32.1. The van der Waals surface area contributed by atoms with Gasteiger partial charge in [0.05, 0.1) is 36.3 Å². The number of carboxylic acids is 1. The molecule has 11 heteroatoms. The number of hydrogen-bond donors (Lipinski definition) is 2. The molecule has 5 rings (SSSR count). The van der Waals surface area contributed by atoms with Crippen LogP contribution in [-0.4, -0.2) is 58.7 Å². The first kappa shape index (κ1) is 30.5. The second kappa shape index (κ2) is 12.3. The molecule has 2 heterocycles. The van der Waals surface area contributed by atoms with E-state index >= 15 is 0 Å². The van der Waals surface area contributed by atoms with E-state index in [-0.39, 0.29) is 43.6 Å². The molecule has 2 saturated carbocycles. The Morgan fingerprint density at radius 1 is 1.19 bits per heavy atom. The van der Waals surface area contributed by atoms with Gasteiger partial charge in [0.25, 0.3) is 0 Å². The summed E-state index contributed by atoms with van der Waals surface area (Å²) >= 11 is 1.48. The van der Waals surface area contributed by atoms with Crippen LogP contribution in [0.3, 0.4) is 0 Å². The Morgan fingerprint density at radius 2 is 1.95 bits per heavy atom. The zero-order valence-electron chi connectivity index (χ0n) is 24.8. The number of nitrogens with zero attached hydrogens (tertiary/aromatic N) is 2. The van der Waals surface area contributed by atoms with Crippen molar-refractivity contribution in [2.24, 2.45) is 23.2 Å². The van der Waals surface area contributed by atoms with E-state index < -0.39 is 35.3 Å². The van der Waals surface area contributed by atoms with Crippen LogP contribution in [0, 0.1) is 23.2 Å². The lowest BCUT2D eigenvalue weighted by Gasteiger charge is -2.19. The molecule has 43 heavy (non-hydrogen) atoms. The van der Waals surface area contributed by atoms with Gasteiger partial charge in [0.15, 0.2) is 5.13 Å². The van der Waals surface area contributed by atoms with Crippen molar-refractivity contribution in [3.8, 4) is 22.9 Å². The van der Waals surface area contributed by atoms with Crippen molar-refractivity contribution in [3.05, 3.63) is 42.3 Å². The first-order chi connectivity index (χ1) is 20.6. The maximum Gasteiger partial charge on any atom is 0.313 e. The fourth-order valence-electron chi connectivity index (χ4n) is 6.00. The van der Waals surface area contributed by atoms with Crippen LogP contribution in [0.1, 0.15) is 46.5 Å². The molecule has 3 aromatic rings. The monoisotopic (exact) mass is 607 g/mol. The van der Waals surface area contributed by atoms with E-state index in [9.17, 15) is 19.5 Å². The van der Waals surface area contributed by atoms with Crippen LogP contribution in [0.15, 0.2) is 42.3 Å². The molecule has 0 amide bonds. The number of methoxy groups -OCH3 is 1. The number of carbonyl (C=O) groups is 3. The quantitative estimate of drug-likeness (QED) is 0.182. The van der Waals surface area contributed by atoms with Crippen LogP contribution < -0.4 is 14.8 Å². The topological polar surface area (TPSA) is 137 Å². The normalized spacial score (nSPS) is 24.5. The SMILES string of the molecule is C=C[C@@H]1C[C@]1(CC(=O)[C@@H]1C[C@@H](Oc2cc(-c3csc(NC(C)C)n3)nc3cc(OC)ccc23)C[C@H]1C(=O)O)C(=O)OCC. The summed E-state index contributed by atoms with van der Waals surface area (Å²) in [6.07, 6.45) is 1.94. The summed E-state index contributed by atoms with van der Waals surface area (Å²) in [4.78, 5) is 48.1. The van der Waals surface area contributed by atoms with Gasteiger partial charge in [0, 0.05) is 41.3 Å². The molecule has 2 N–H and O–H groups in total. The predicted octanol–water partition coefficient (Wildman–Crippen LogP) is 5.76. The van der Waals surface area contributed by atoms with Crippen molar-refractivity contribution < 1.29 is 33.7 Å². The number of aromatic nitrogens is 2. The molecule has 2 aliphatic carbocycles. The lowest BCUT2D eigenvalue weighted by Crippen LogP contribution is -2.31. The second-order valence-electron chi connectivity index (χ2n) is 11.6. The number of fused-ring (bicyclic) bond motifs is 1.